The molecule has 2 aliphatic heterocycles. The fraction of sp³-hybridized carbons (Fsp3) is 0.741. The van der Waals surface area contributed by atoms with Crippen LogP contribution in [0.25, 0.3) is 0 Å². The highest BCUT2D eigenvalue weighted by Crippen LogP contribution is 2.69. The van der Waals surface area contributed by atoms with E-state index >= 15 is 0 Å². The van der Waals surface area contributed by atoms with Crippen molar-refractivity contribution in [1.29, 1.82) is 0 Å². The van der Waals surface area contributed by atoms with E-state index in [4.69, 9.17) is 11.5 Å². The van der Waals surface area contributed by atoms with E-state index in [1.54, 1.807) is 0 Å². The normalized spacial score (nSPS) is 37.3. The Labute approximate surface area is 229 Å². The summed E-state index contributed by atoms with van der Waals surface area (Å²) in [5.74, 6) is -7.94. The van der Waals surface area contributed by atoms with Gasteiger partial charge in [-0.2, -0.15) is 13.2 Å². The number of primary amides is 2. The van der Waals surface area contributed by atoms with Crippen LogP contribution in [0.3, 0.4) is 0 Å². The average Bonchev–Trinajstić information content (AvgIpc) is 3.45. The molecule has 6 aliphatic rings. The first-order valence-electron chi connectivity index (χ1n) is 13.8. The second-order valence-corrected chi connectivity index (χ2v) is 13.2. The van der Waals surface area contributed by atoms with Gasteiger partial charge in [0.2, 0.25) is 23.6 Å². The van der Waals surface area contributed by atoms with Gasteiger partial charge >= 0.3 is 12.1 Å². The van der Waals surface area contributed by atoms with E-state index in [0.717, 1.165) is 11.3 Å². The quantitative estimate of drug-likeness (QED) is 0.328. The lowest BCUT2D eigenvalue weighted by molar-refractivity contribution is -0.177. The standard InChI is InChI=1S/C27H36F3N5O5/c1-25(2,3)19(34-24(40)27(28,29)30)22(38)35-10-16-12-4-5-13(15-9-14(12)15)18(16)26(35,23(32)39)17(20(31)36)8-11-6-7-33-21(11)37/h4-5,11-19H,6-10H2,1-3H3,(H2,31,36)(H2,32,39)(H,33,37)(H,34,40)/t11-,12?,13?,14?,15?,16?,17-,18?,19-,26?/m1/s1. The summed E-state index contributed by atoms with van der Waals surface area (Å²) in [5.41, 5.74) is 8.90. The molecule has 7 unspecified atom stereocenters. The van der Waals surface area contributed by atoms with Crippen LogP contribution >= 0.6 is 0 Å². The van der Waals surface area contributed by atoms with Crippen LogP contribution in [0.1, 0.15) is 40.0 Å². The molecule has 220 valence electrons. The highest BCUT2D eigenvalue weighted by atomic mass is 19.4. The van der Waals surface area contributed by atoms with E-state index in [9.17, 15) is 37.1 Å². The largest absolute Gasteiger partial charge is 0.471 e. The molecule has 2 saturated heterocycles. The maximum atomic E-state index is 14.4. The summed E-state index contributed by atoms with van der Waals surface area (Å²) in [7, 11) is 0. The predicted molar refractivity (Wildman–Crippen MR) is 134 cm³/mol. The number of rotatable bonds is 7. The van der Waals surface area contributed by atoms with Gasteiger partial charge in [-0.15, -0.1) is 0 Å². The van der Waals surface area contributed by atoms with Gasteiger partial charge in [-0.3, -0.25) is 24.0 Å². The number of halogens is 3. The third-order valence-corrected chi connectivity index (χ3v) is 10.0. The zero-order valence-corrected chi connectivity index (χ0v) is 22.7. The number of carbonyl (C=O) groups excluding carboxylic acids is 5. The first kappa shape index (κ1) is 28.4. The summed E-state index contributed by atoms with van der Waals surface area (Å²) in [5, 5.41) is 4.53. The van der Waals surface area contributed by atoms with Gasteiger partial charge in [0.25, 0.3) is 0 Å². The number of allylic oxidation sites excluding steroid dienone is 2. The molecule has 4 aliphatic carbocycles. The van der Waals surface area contributed by atoms with E-state index < -0.39 is 64.6 Å². The molecule has 2 bridgehead atoms. The Morgan fingerprint density at radius 3 is 2.25 bits per heavy atom. The Balaban J connectivity index is 1.64. The number of nitrogens with zero attached hydrogens (tertiary/aromatic N) is 1. The molecule has 5 amide bonds. The highest BCUT2D eigenvalue weighted by Gasteiger charge is 2.74. The fourth-order valence-electron chi connectivity index (χ4n) is 8.28. The van der Waals surface area contributed by atoms with Crippen molar-refractivity contribution in [2.45, 2.75) is 57.8 Å². The van der Waals surface area contributed by atoms with Crippen LogP contribution in [0.15, 0.2) is 12.2 Å². The first-order chi connectivity index (χ1) is 18.5. The molecule has 6 N–H and O–H groups in total. The monoisotopic (exact) mass is 567 g/mol. The Bertz CT molecular complexity index is 1180. The van der Waals surface area contributed by atoms with Gasteiger partial charge in [0.15, 0.2) is 0 Å². The Kier molecular flexibility index (Phi) is 6.53. The summed E-state index contributed by atoms with van der Waals surface area (Å²) in [6.07, 6.45) is -0.00530. The van der Waals surface area contributed by atoms with Crippen LogP contribution in [-0.2, 0) is 24.0 Å². The minimum atomic E-state index is -5.25. The number of hydrogen-bond donors (Lipinski definition) is 4. The van der Waals surface area contributed by atoms with Crippen molar-refractivity contribution in [3.8, 4) is 0 Å². The smallest absolute Gasteiger partial charge is 0.369 e. The van der Waals surface area contributed by atoms with Crippen molar-refractivity contribution in [2.24, 2.45) is 64.2 Å². The molecular formula is C27H36F3N5O5. The SMILES string of the molecule is CC(C)(C)[C@H](NC(=O)C(F)(F)F)C(=O)N1CC2C3C=CC(C4CC34)C2C1(C(N)=O)[C@H](C[C@H]1CCNC1=O)C(N)=O. The van der Waals surface area contributed by atoms with Crippen molar-refractivity contribution in [3.63, 3.8) is 0 Å². The van der Waals surface area contributed by atoms with Crippen LogP contribution in [0.5, 0.6) is 0 Å². The Hall–Kier alpha value is -3.12. The number of alkyl halides is 3. The maximum Gasteiger partial charge on any atom is 0.471 e. The van der Waals surface area contributed by atoms with Gasteiger partial charge in [-0.25, -0.2) is 0 Å². The van der Waals surface area contributed by atoms with Gasteiger partial charge in [0.1, 0.15) is 11.6 Å². The second kappa shape index (κ2) is 9.20. The van der Waals surface area contributed by atoms with Crippen molar-refractivity contribution >= 4 is 29.5 Å². The fourth-order valence-corrected chi connectivity index (χ4v) is 8.28. The van der Waals surface area contributed by atoms with Crippen LogP contribution in [0, 0.1) is 52.8 Å². The zero-order chi connectivity index (χ0) is 29.5. The van der Waals surface area contributed by atoms with Crippen LogP contribution < -0.4 is 22.1 Å². The number of nitrogens with two attached hydrogens (primary N) is 2. The molecule has 10 atom stereocenters. The lowest BCUT2D eigenvalue weighted by Gasteiger charge is -2.51. The van der Waals surface area contributed by atoms with Crippen molar-refractivity contribution in [1.82, 2.24) is 15.5 Å². The van der Waals surface area contributed by atoms with Crippen LogP contribution in [0.2, 0.25) is 0 Å². The van der Waals surface area contributed by atoms with Gasteiger partial charge < -0.3 is 27.0 Å². The van der Waals surface area contributed by atoms with E-state index in [0.29, 0.717) is 18.9 Å². The van der Waals surface area contributed by atoms with Gasteiger partial charge in [-0.05, 0) is 54.3 Å². The molecular weight excluding hydrogens is 531 g/mol. The van der Waals surface area contributed by atoms with E-state index in [1.165, 1.54) is 20.8 Å². The summed E-state index contributed by atoms with van der Waals surface area (Å²) in [4.78, 5) is 67.1. The first-order valence-corrected chi connectivity index (χ1v) is 13.8. The lowest BCUT2D eigenvalue weighted by Crippen LogP contribution is -2.70. The number of likely N-dealkylation sites (tertiary alicyclic amines) is 1. The summed E-state index contributed by atoms with van der Waals surface area (Å²) in [6, 6.07) is -1.69. The van der Waals surface area contributed by atoms with E-state index in [1.807, 2.05) is 11.4 Å². The second-order valence-electron chi connectivity index (χ2n) is 13.2. The molecule has 13 heteroatoms. The van der Waals surface area contributed by atoms with E-state index in [2.05, 4.69) is 11.4 Å². The molecule has 2 saturated carbocycles. The summed E-state index contributed by atoms with van der Waals surface area (Å²) in [6.45, 7) is 4.83. The molecule has 10 nitrogen and oxygen atoms in total. The molecule has 0 aromatic heterocycles. The summed E-state index contributed by atoms with van der Waals surface area (Å²) >= 11 is 0. The average molecular weight is 568 g/mol. The highest BCUT2D eigenvalue weighted by molar-refractivity contribution is 6.00. The number of hydrogen-bond acceptors (Lipinski definition) is 5. The molecule has 0 aromatic rings. The van der Waals surface area contributed by atoms with E-state index in [-0.39, 0.29) is 42.5 Å². The predicted octanol–water partition coefficient (Wildman–Crippen LogP) is 0.458. The number of amides is 5. The van der Waals surface area contributed by atoms with Gasteiger partial charge in [0, 0.05) is 24.9 Å². The molecule has 0 spiro atoms. The number of nitrogens with one attached hydrogen (secondary N) is 2. The minimum absolute atomic E-state index is 0.00214. The van der Waals surface area contributed by atoms with Crippen molar-refractivity contribution < 1.29 is 37.1 Å². The van der Waals surface area contributed by atoms with Crippen LogP contribution in [0.4, 0.5) is 13.2 Å². The summed E-state index contributed by atoms with van der Waals surface area (Å²) < 4.78 is 39.9. The topological polar surface area (TPSA) is 165 Å². The lowest BCUT2D eigenvalue weighted by atomic mass is 9.55. The van der Waals surface area contributed by atoms with Crippen molar-refractivity contribution in [2.75, 3.05) is 13.1 Å². The van der Waals surface area contributed by atoms with Gasteiger partial charge in [-0.1, -0.05) is 32.9 Å². The third kappa shape index (κ3) is 4.18. The molecule has 2 heterocycles. The molecule has 40 heavy (non-hydrogen) atoms. The zero-order valence-electron chi connectivity index (χ0n) is 22.7. The molecule has 6 rings (SSSR count). The van der Waals surface area contributed by atoms with Crippen LogP contribution in [-0.4, -0.2) is 65.3 Å². The number of carbonyl (C=O) groups is 5. The minimum Gasteiger partial charge on any atom is -0.369 e. The Morgan fingerprint density at radius 2 is 1.73 bits per heavy atom. The molecule has 0 aromatic carbocycles. The van der Waals surface area contributed by atoms with Gasteiger partial charge in [0.05, 0.1) is 5.92 Å². The molecule has 0 radical (unpaired) electrons. The van der Waals surface area contributed by atoms with Crippen molar-refractivity contribution in [3.05, 3.63) is 12.2 Å². The third-order valence-electron chi connectivity index (χ3n) is 10.0. The Morgan fingerprint density at radius 1 is 1.10 bits per heavy atom. The molecule has 4 fully saturated rings. The maximum absolute atomic E-state index is 14.4.